The molecule has 0 amide bonds. The zero-order valence-electron chi connectivity index (χ0n) is 63.3. The number of anilines is 6. The van der Waals surface area contributed by atoms with Crippen LogP contribution in [0.15, 0.2) is 279 Å². The Morgan fingerprint density at radius 1 is 0.298 bits per heavy atom. The molecule has 0 radical (unpaired) electrons. The van der Waals surface area contributed by atoms with Crippen LogP contribution in [0.25, 0.3) is 72.0 Å². The molecule has 512 valence electrons. The molecule has 3 heterocycles. The van der Waals surface area contributed by atoms with E-state index in [2.05, 4.69) is 397 Å². The largest absolute Gasteiger partial charge is 0.310 e. The van der Waals surface area contributed by atoms with E-state index in [1.807, 2.05) is 0 Å². The summed E-state index contributed by atoms with van der Waals surface area (Å²) in [5, 5.41) is 2.54. The van der Waals surface area contributed by atoms with Gasteiger partial charge >= 0.3 is 0 Å². The van der Waals surface area contributed by atoms with Gasteiger partial charge in [0, 0.05) is 67.4 Å². The van der Waals surface area contributed by atoms with Crippen LogP contribution in [0.1, 0.15) is 165 Å². The molecule has 0 bridgehead atoms. The van der Waals surface area contributed by atoms with Crippen molar-refractivity contribution in [2.24, 2.45) is 0 Å². The molecule has 0 spiro atoms. The van der Waals surface area contributed by atoms with Crippen LogP contribution in [-0.4, -0.2) is 11.3 Å². The molecular formula is C100H94BN3. The molecule has 0 N–H and O–H groups in total. The quantitative estimate of drug-likeness (QED) is 0.141. The average molecular weight is 1350 g/mol. The number of fused-ring (bicyclic) bond motifs is 9. The fraction of sp³-hybridized carbons (Fsp3) is 0.220. The maximum atomic E-state index is 2.77. The van der Waals surface area contributed by atoms with Gasteiger partial charge in [0.25, 0.3) is 6.71 Å². The third-order valence-electron chi connectivity index (χ3n) is 22.9. The fourth-order valence-corrected chi connectivity index (χ4v) is 17.1. The summed E-state index contributed by atoms with van der Waals surface area (Å²) >= 11 is 0. The Hall–Kier alpha value is -10.7. The molecule has 13 aromatic carbocycles. The van der Waals surface area contributed by atoms with Crippen LogP contribution >= 0.6 is 0 Å². The van der Waals surface area contributed by atoms with Gasteiger partial charge in [-0.2, -0.15) is 0 Å². The highest BCUT2D eigenvalue weighted by Gasteiger charge is 2.47. The van der Waals surface area contributed by atoms with E-state index in [9.17, 15) is 0 Å². The molecule has 3 aliphatic rings. The van der Waals surface area contributed by atoms with Gasteiger partial charge in [0.15, 0.2) is 0 Å². The molecule has 0 saturated carbocycles. The van der Waals surface area contributed by atoms with Gasteiger partial charge in [-0.1, -0.05) is 304 Å². The van der Waals surface area contributed by atoms with Crippen LogP contribution in [-0.2, 0) is 33.5 Å². The summed E-state index contributed by atoms with van der Waals surface area (Å²) in [6.07, 6.45) is 0.908. The molecular weight excluding hydrogens is 1250 g/mol. The van der Waals surface area contributed by atoms with Crippen LogP contribution in [0, 0.1) is 0 Å². The maximum absolute atomic E-state index is 2.77. The molecule has 0 atom stereocenters. The first-order chi connectivity index (χ1) is 49.8. The smallest absolute Gasteiger partial charge is 0.252 e. The highest BCUT2D eigenvalue weighted by Crippen LogP contribution is 2.56. The van der Waals surface area contributed by atoms with E-state index in [4.69, 9.17) is 0 Å². The zero-order valence-corrected chi connectivity index (χ0v) is 63.3. The van der Waals surface area contributed by atoms with E-state index < -0.39 is 0 Å². The Kier molecular flexibility index (Phi) is 15.7. The first-order valence-electron chi connectivity index (χ1n) is 37.7. The van der Waals surface area contributed by atoms with Crippen LogP contribution in [0.4, 0.5) is 34.1 Å². The van der Waals surface area contributed by atoms with E-state index in [1.165, 1.54) is 155 Å². The van der Waals surface area contributed by atoms with Crippen molar-refractivity contribution in [3.05, 3.63) is 335 Å². The van der Waals surface area contributed by atoms with Crippen LogP contribution in [0.5, 0.6) is 0 Å². The van der Waals surface area contributed by atoms with Crippen LogP contribution in [0.2, 0.25) is 0 Å². The second kappa shape index (κ2) is 24.5. The molecule has 104 heavy (non-hydrogen) atoms. The molecule has 3 nitrogen and oxygen atoms in total. The lowest BCUT2D eigenvalue weighted by molar-refractivity contribution is 0.590. The van der Waals surface area contributed by atoms with Crippen molar-refractivity contribution in [1.29, 1.82) is 0 Å². The molecule has 2 aliphatic heterocycles. The molecule has 4 heteroatoms. The third-order valence-corrected chi connectivity index (χ3v) is 22.9. The monoisotopic (exact) mass is 1350 g/mol. The highest BCUT2D eigenvalue weighted by molar-refractivity contribution is 7.00. The normalized spacial score (nSPS) is 13.8. The van der Waals surface area contributed by atoms with Gasteiger partial charge in [0.05, 0.1) is 22.4 Å². The Labute approximate surface area is 617 Å². The van der Waals surface area contributed by atoms with Gasteiger partial charge < -0.3 is 14.4 Å². The van der Waals surface area contributed by atoms with Gasteiger partial charge in [-0.15, -0.1) is 0 Å². The molecule has 0 unspecified atom stereocenters. The summed E-state index contributed by atoms with van der Waals surface area (Å²) in [7, 11) is 0. The van der Waals surface area contributed by atoms with Crippen LogP contribution < -0.4 is 26.2 Å². The molecule has 17 rings (SSSR count). The van der Waals surface area contributed by atoms with Crippen molar-refractivity contribution < 1.29 is 0 Å². The minimum absolute atomic E-state index is 0.00244. The number of benzene rings is 13. The molecule has 1 aromatic heterocycles. The van der Waals surface area contributed by atoms with E-state index in [1.54, 1.807) is 0 Å². The Morgan fingerprint density at radius 3 is 1.03 bits per heavy atom. The highest BCUT2D eigenvalue weighted by atomic mass is 15.2. The van der Waals surface area contributed by atoms with Gasteiger partial charge in [0.2, 0.25) is 0 Å². The molecule has 0 saturated heterocycles. The lowest BCUT2D eigenvalue weighted by Crippen LogP contribution is -2.61. The van der Waals surface area contributed by atoms with Crippen molar-refractivity contribution in [1.82, 2.24) is 4.57 Å². The first-order valence-corrected chi connectivity index (χ1v) is 37.7. The molecule has 0 fully saturated rings. The second-order valence-corrected chi connectivity index (χ2v) is 35.0. The SMILES string of the molecule is CC(C)(C)c1cc(-c2ccccc2)c(N2c3cc(C4c5ccccc5Cc5ccccc54)ccc3B3c4ccc(-n5c6ccc(C(C)(C)C)cc6c6cc(C(C)(C)C)ccc65)cc4N(c4c(-c5ccccc5)cc(C(C)(C)C)cc4-c4ccccc4)c4cc(C(C)(C)C)cc2c43)c(-c2ccccc2)c1. The summed E-state index contributed by atoms with van der Waals surface area (Å²) in [6, 6.07) is 109. The summed E-state index contributed by atoms with van der Waals surface area (Å²) < 4.78 is 2.58. The topological polar surface area (TPSA) is 11.4 Å². The summed E-state index contributed by atoms with van der Waals surface area (Å²) in [6.45, 7) is 35.3. The number of aromatic nitrogens is 1. The van der Waals surface area contributed by atoms with E-state index in [-0.39, 0.29) is 39.7 Å². The van der Waals surface area contributed by atoms with E-state index >= 15 is 0 Å². The number of nitrogens with zero attached hydrogens (tertiary/aromatic N) is 3. The van der Waals surface area contributed by atoms with E-state index in [0.29, 0.717) is 0 Å². The zero-order chi connectivity index (χ0) is 72.1. The minimum Gasteiger partial charge on any atom is -0.310 e. The number of hydrogen-bond donors (Lipinski definition) is 0. The number of rotatable bonds is 8. The third kappa shape index (κ3) is 11.3. The number of hydrogen-bond acceptors (Lipinski definition) is 2. The lowest BCUT2D eigenvalue weighted by atomic mass is 9.33. The predicted octanol–water partition coefficient (Wildman–Crippen LogP) is 25.1. The maximum Gasteiger partial charge on any atom is 0.252 e. The summed E-state index contributed by atoms with van der Waals surface area (Å²) in [5.74, 6) is -0.00244. The Bertz CT molecular complexity index is 5490. The summed E-state index contributed by atoms with van der Waals surface area (Å²) in [5.41, 5.74) is 36.3. The average Bonchev–Trinajstić information content (AvgIpc) is 0.802. The second-order valence-electron chi connectivity index (χ2n) is 35.0. The van der Waals surface area contributed by atoms with E-state index in [0.717, 1.165) is 29.2 Å². The predicted molar refractivity (Wildman–Crippen MR) is 447 cm³/mol. The fourth-order valence-electron chi connectivity index (χ4n) is 17.1. The summed E-state index contributed by atoms with van der Waals surface area (Å²) in [4.78, 5) is 5.53. The van der Waals surface area contributed by atoms with Crippen molar-refractivity contribution in [2.75, 3.05) is 9.80 Å². The van der Waals surface area contributed by atoms with Crippen molar-refractivity contribution >= 4 is 79.0 Å². The van der Waals surface area contributed by atoms with Gasteiger partial charge in [0.1, 0.15) is 0 Å². The Morgan fingerprint density at radius 2 is 0.644 bits per heavy atom. The molecule has 14 aromatic rings. The lowest BCUT2D eigenvalue weighted by Gasteiger charge is -2.47. The first kappa shape index (κ1) is 66.6. The van der Waals surface area contributed by atoms with Gasteiger partial charge in [-0.25, -0.2) is 0 Å². The molecule has 1 aliphatic carbocycles. The van der Waals surface area contributed by atoms with Gasteiger partial charge in [-0.05, 0) is 207 Å². The van der Waals surface area contributed by atoms with Crippen molar-refractivity contribution in [3.8, 4) is 50.2 Å². The Balaban J connectivity index is 1.06. The van der Waals surface area contributed by atoms with Crippen molar-refractivity contribution in [2.45, 2.75) is 143 Å². The standard InChI is InChI=1S/C100H94BN3/c1-96(2,3)70-45-50-86-82(54-70)83-55-71(97(4,5)6)46-51-87(83)102(86)75-47-49-85-89(62-75)104(95-80(65-36-24-18-25-37-65)58-73(99(10,11)12)59-81(95)66-38-26-19-27-39-66)91-61-74(100(13,14)15)60-90-93(91)101(85)84-48-44-69(92-76-42-30-28-40-67(76)52-68-41-29-31-43-77(68)92)53-88(84)103(90)94-78(63-32-20-16-21-33-63)56-72(98(7,8)9)57-79(94)64-34-22-17-23-35-64/h16-51,53-62,92H,52H2,1-15H3. The van der Waals surface area contributed by atoms with Crippen LogP contribution in [0.3, 0.4) is 0 Å². The minimum atomic E-state index is -0.319. The van der Waals surface area contributed by atoms with Gasteiger partial charge in [-0.3, -0.25) is 0 Å². The van der Waals surface area contributed by atoms with Crippen molar-refractivity contribution in [3.63, 3.8) is 0 Å².